The number of rotatable bonds is 6. The van der Waals surface area contributed by atoms with E-state index >= 15 is 0 Å². The molecule has 0 aliphatic carbocycles. The molecule has 0 heterocycles. The maximum Gasteiger partial charge on any atom is 0.255 e. The molecule has 0 radical (unpaired) electrons. The minimum atomic E-state index is -0.252. The Morgan fingerprint density at radius 1 is 0.786 bits per heavy atom. The predicted octanol–water partition coefficient (Wildman–Crippen LogP) is 4.60. The molecule has 0 aromatic heterocycles. The van der Waals surface area contributed by atoms with Crippen LogP contribution in [0.4, 0.5) is 11.4 Å². The van der Waals surface area contributed by atoms with Crippen molar-refractivity contribution < 1.29 is 14.3 Å². The number of carbonyl (C=O) groups excluding carboxylic acids is 2. The Bertz CT molecular complexity index is 963. The Balaban J connectivity index is 1.56. The van der Waals surface area contributed by atoms with Crippen molar-refractivity contribution in [3.63, 3.8) is 0 Å². The normalized spacial score (nSPS) is 10.5. The highest BCUT2D eigenvalue weighted by Gasteiger charge is 2.06. The first-order chi connectivity index (χ1) is 13.6. The number of benzene rings is 3. The summed E-state index contributed by atoms with van der Waals surface area (Å²) in [5, 5.41) is 5.59. The van der Waals surface area contributed by atoms with E-state index in [4.69, 9.17) is 4.74 Å². The van der Waals surface area contributed by atoms with E-state index in [0.29, 0.717) is 11.3 Å². The molecule has 3 aromatic rings. The summed E-state index contributed by atoms with van der Waals surface area (Å²) in [6, 6.07) is 23.3. The molecular formula is C23H20N2O3. The summed E-state index contributed by atoms with van der Waals surface area (Å²) >= 11 is 0. The average molecular weight is 372 g/mol. The molecule has 0 spiro atoms. The van der Waals surface area contributed by atoms with E-state index in [2.05, 4.69) is 10.6 Å². The van der Waals surface area contributed by atoms with E-state index in [1.54, 1.807) is 37.5 Å². The molecule has 3 rings (SSSR count). The Morgan fingerprint density at radius 3 is 2.07 bits per heavy atom. The molecule has 140 valence electrons. The van der Waals surface area contributed by atoms with Gasteiger partial charge in [-0.15, -0.1) is 0 Å². The second-order valence-corrected chi connectivity index (χ2v) is 5.99. The van der Waals surface area contributed by atoms with Gasteiger partial charge < -0.3 is 15.4 Å². The van der Waals surface area contributed by atoms with Gasteiger partial charge in [-0.2, -0.15) is 0 Å². The number of ether oxygens (including phenoxy) is 1. The molecule has 0 atom stereocenters. The highest BCUT2D eigenvalue weighted by atomic mass is 16.5. The number of hydrogen-bond donors (Lipinski definition) is 2. The molecule has 0 bridgehead atoms. The fraction of sp³-hybridized carbons (Fsp3) is 0.0435. The van der Waals surface area contributed by atoms with Gasteiger partial charge in [-0.3, -0.25) is 9.59 Å². The molecule has 5 nitrogen and oxygen atoms in total. The van der Waals surface area contributed by atoms with Crippen molar-refractivity contribution in [2.24, 2.45) is 0 Å². The third kappa shape index (κ3) is 5.32. The minimum absolute atomic E-state index is 0.205. The summed E-state index contributed by atoms with van der Waals surface area (Å²) in [6.45, 7) is 0. The average Bonchev–Trinajstić information content (AvgIpc) is 2.74. The van der Waals surface area contributed by atoms with Gasteiger partial charge in [0, 0.05) is 23.0 Å². The third-order valence-electron chi connectivity index (χ3n) is 3.99. The summed E-state index contributed by atoms with van der Waals surface area (Å²) in [4.78, 5) is 24.3. The summed E-state index contributed by atoms with van der Waals surface area (Å²) in [5.74, 6) is 0.304. The first-order valence-electron chi connectivity index (χ1n) is 8.73. The zero-order valence-corrected chi connectivity index (χ0v) is 15.4. The highest BCUT2D eigenvalue weighted by molar-refractivity contribution is 6.05. The standard InChI is InChI=1S/C23H20N2O3/c1-28-21-14-7-17(8-15-21)9-16-22(26)24-20-12-10-18(11-13-20)23(27)25-19-5-3-2-4-6-19/h2-16H,1H3,(H,24,26)(H,25,27)/b16-9+. The van der Waals surface area contributed by atoms with Gasteiger partial charge in [0.25, 0.3) is 5.91 Å². The Morgan fingerprint density at radius 2 is 1.43 bits per heavy atom. The molecule has 3 aromatic carbocycles. The van der Waals surface area contributed by atoms with Crippen LogP contribution in [0.3, 0.4) is 0 Å². The second-order valence-electron chi connectivity index (χ2n) is 5.99. The van der Waals surface area contributed by atoms with Crippen LogP contribution in [0.5, 0.6) is 5.75 Å². The fourth-order valence-corrected chi connectivity index (χ4v) is 2.50. The van der Waals surface area contributed by atoms with Gasteiger partial charge >= 0.3 is 0 Å². The lowest BCUT2D eigenvalue weighted by atomic mass is 10.2. The molecule has 5 heteroatoms. The highest BCUT2D eigenvalue weighted by Crippen LogP contribution is 2.14. The molecule has 0 saturated carbocycles. The van der Waals surface area contributed by atoms with Crippen molar-refractivity contribution in [1.82, 2.24) is 0 Å². The van der Waals surface area contributed by atoms with Gasteiger partial charge in [-0.05, 0) is 60.2 Å². The molecule has 28 heavy (non-hydrogen) atoms. The monoisotopic (exact) mass is 372 g/mol. The molecular weight excluding hydrogens is 352 g/mol. The first kappa shape index (κ1) is 18.9. The SMILES string of the molecule is COc1ccc(/C=C/C(=O)Nc2ccc(C(=O)Nc3ccccc3)cc2)cc1. The lowest BCUT2D eigenvalue weighted by Gasteiger charge is -2.06. The molecule has 2 N–H and O–H groups in total. The van der Waals surface area contributed by atoms with E-state index in [1.165, 1.54) is 6.08 Å². The minimum Gasteiger partial charge on any atom is -0.497 e. The number of nitrogens with one attached hydrogen (secondary N) is 2. The smallest absolute Gasteiger partial charge is 0.255 e. The van der Waals surface area contributed by atoms with Gasteiger partial charge in [0.15, 0.2) is 0 Å². The third-order valence-corrected chi connectivity index (χ3v) is 3.99. The van der Waals surface area contributed by atoms with Crippen LogP contribution in [0.2, 0.25) is 0 Å². The Kier molecular flexibility index (Phi) is 6.21. The predicted molar refractivity (Wildman–Crippen MR) is 111 cm³/mol. The summed E-state index contributed by atoms with van der Waals surface area (Å²) in [5.41, 5.74) is 2.74. The summed E-state index contributed by atoms with van der Waals surface area (Å²) in [6.07, 6.45) is 3.17. The van der Waals surface area contributed by atoms with Crippen LogP contribution in [0.25, 0.3) is 6.08 Å². The number of hydrogen-bond acceptors (Lipinski definition) is 3. The van der Waals surface area contributed by atoms with E-state index < -0.39 is 0 Å². The fourth-order valence-electron chi connectivity index (χ4n) is 2.50. The van der Waals surface area contributed by atoms with Crippen molar-refractivity contribution in [2.45, 2.75) is 0 Å². The van der Waals surface area contributed by atoms with Crippen LogP contribution >= 0.6 is 0 Å². The van der Waals surface area contributed by atoms with E-state index in [0.717, 1.165) is 17.0 Å². The van der Waals surface area contributed by atoms with E-state index in [-0.39, 0.29) is 11.8 Å². The van der Waals surface area contributed by atoms with Gasteiger partial charge in [-0.1, -0.05) is 30.3 Å². The van der Waals surface area contributed by atoms with Crippen LogP contribution in [-0.4, -0.2) is 18.9 Å². The van der Waals surface area contributed by atoms with Gasteiger partial charge in [-0.25, -0.2) is 0 Å². The lowest BCUT2D eigenvalue weighted by Crippen LogP contribution is -2.12. The van der Waals surface area contributed by atoms with Crippen molar-refractivity contribution in [2.75, 3.05) is 17.7 Å². The van der Waals surface area contributed by atoms with Gasteiger partial charge in [0.2, 0.25) is 5.91 Å². The van der Waals surface area contributed by atoms with Crippen LogP contribution < -0.4 is 15.4 Å². The number of anilines is 2. The van der Waals surface area contributed by atoms with Crippen molar-refractivity contribution in [3.05, 3.63) is 96.1 Å². The van der Waals surface area contributed by atoms with Gasteiger partial charge in [0.1, 0.15) is 5.75 Å². The zero-order chi connectivity index (χ0) is 19.8. The second kappa shape index (κ2) is 9.19. The maximum absolute atomic E-state index is 12.2. The van der Waals surface area contributed by atoms with Gasteiger partial charge in [0.05, 0.1) is 7.11 Å². The molecule has 0 fully saturated rings. The van der Waals surface area contributed by atoms with Crippen LogP contribution in [0, 0.1) is 0 Å². The van der Waals surface area contributed by atoms with Crippen molar-refractivity contribution in [1.29, 1.82) is 0 Å². The Hall–Kier alpha value is -3.86. The van der Waals surface area contributed by atoms with Crippen LogP contribution in [0.1, 0.15) is 15.9 Å². The number of para-hydroxylation sites is 1. The van der Waals surface area contributed by atoms with E-state index in [1.807, 2.05) is 54.6 Å². The summed E-state index contributed by atoms with van der Waals surface area (Å²) < 4.78 is 5.10. The quantitative estimate of drug-likeness (QED) is 0.622. The zero-order valence-electron chi connectivity index (χ0n) is 15.4. The number of carbonyl (C=O) groups is 2. The van der Waals surface area contributed by atoms with Crippen LogP contribution in [0.15, 0.2) is 84.9 Å². The molecule has 0 unspecified atom stereocenters. The number of amides is 2. The maximum atomic E-state index is 12.2. The first-order valence-corrected chi connectivity index (χ1v) is 8.73. The molecule has 0 aliphatic heterocycles. The summed E-state index contributed by atoms with van der Waals surface area (Å²) in [7, 11) is 1.61. The molecule has 2 amide bonds. The number of methoxy groups -OCH3 is 1. The van der Waals surface area contributed by atoms with Crippen molar-refractivity contribution >= 4 is 29.3 Å². The van der Waals surface area contributed by atoms with E-state index in [9.17, 15) is 9.59 Å². The Labute approximate surface area is 163 Å². The van der Waals surface area contributed by atoms with Crippen molar-refractivity contribution in [3.8, 4) is 5.75 Å². The largest absolute Gasteiger partial charge is 0.497 e. The molecule has 0 aliphatic rings. The molecule has 0 saturated heterocycles. The lowest BCUT2D eigenvalue weighted by molar-refractivity contribution is -0.111. The van der Waals surface area contributed by atoms with Crippen LogP contribution in [-0.2, 0) is 4.79 Å². The topological polar surface area (TPSA) is 67.4 Å².